The number of hydrogen-bond acceptors (Lipinski definition) is 3. The molecule has 1 aromatic carbocycles. The maximum absolute atomic E-state index is 11.7. The van der Waals surface area contributed by atoms with E-state index in [-0.39, 0.29) is 24.4 Å². The number of nitrogens with one attached hydrogen (secondary N) is 1. The van der Waals surface area contributed by atoms with E-state index in [1.807, 2.05) is 37.3 Å². The molecule has 0 radical (unpaired) electrons. The summed E-state index contributed by atoms with van der Waals surface area (Å²) in [5, 5.41) is 2.76. The number of nitrogens with two attached hydrogens (primary N) is 1. The minimum Gasteiger partial charge on any atom is -0.380 e. The number of ether oxygens (including phenoxy) is 1. The van der Waals surface area contributed by atoms with Gasteiger partial charge >= 0.3 is 0 Å². The average Bonchev–Trinajstić information content (AvgIpc) is 2.36. The van der Waals surface area contributed by atoms with Gasteiger partial charge in [-0.1, -0.05) is 30.3 Å². The van der Waals surface area contributed by atoms with Crippen LogP contribution in [0.15, 0.2) is 30.3 Å². The maximum Gasteiger partial charge on any atom is 0.237 e. The van der Waals surface area contributed by atoms with Crippen LogP contribution in [-0.2, 0) is 16.0 Å². The molecule has 0 aliphatic carbocycles. The highest BCUT2D eigenvalue weighted by atomic mass is 35.5. The summed E-state index contributed by atoms with van der Waals surface area (Å²) in [4.78, 5) is 11.7. The number of methoxy groups -OCH3 is 1. The second-order valence-corrected chi connectivity index (χ2v) is 4.09. The van der Waals surface area contributed by atoms with Crippen LogP contribution in [0, 0.1) is 0 Å². The van der Waals surface area contributed by atoms with Crippen LogP contribution < -0.4 is 11.1 Å². The van der Waals surface area contributed by atoms with Crippen molar-refractivity contribution in [3.63, 3.8) is 0 Å². The van der Waals surface area contributed by atoms with Crippen molar-refractivity contribution in [1.82, 2.24) is 5.32 Å². The molecular formula is C13H21ClN2O2. The zero-order valence-corrected chi connectivity index (χ0v) is 11.6. The van der Waals surface area contributed by atoms with E-state index in [0.717, 1.165) is 5.56 Å². The average molecular weight is 273 g/mol. The summed E-state index contributed by atoms with van der Waals surface area (Å²) in [5.41, 5.74) is 6.89. The summed E-state index contributed by atoms with van der Waals surface area (Å²) < 4.78 is 5.04. The number of rotatable bonds is 6. The molecule has 1 amide bonds. The van der Waals surface area contributed by atoms with Crippen LogP contribution >= 0.6 is 12.4 Å². The molecule has 0 saturated heterocycles. The molecule has 18 heavy (non-hydrogen) atoms. The number of carbonyl (C=O) groups excluding carboxylic acids is 1. The lowest BCUT2D eigenvalue weighted by molar-refractivity contribution is -0.122. The van der Waals surface area contributed by atoms with E-state index in [1.165, 1.54) is 0 Å². The van der Waals surface area contributed by atoms with Crippen LogP contribution in [0.4, 0.5) is 0 Å². The molecule has 1 aromatic rings. The van der Waals surface area contributed by atoms with Crippen molar-refractivity contribution < 1.29 is 9.53 Å². The third-order valence-corrected chi connectivity index (χ3v) is 2.60. The van der Waals surface area contributed by atoms with Gasteiger partial charge in [-0.15, -0.1) is 12.4 Å². The summed E-state index contributed by atoms with van der Waals surface area (Å²) in [6, 6.07) is 9.23. The van der Waals surface area contributed by atoms with Crippen molar-refractivity contribution >= 4 is 18.3 Å². The fourth-order valence-electron chi connectivity index (χ4n) is 1.42. The van der Waals surface area contributed by atoms with E-state index in [4.69, 9.17) is 10.5 Å². The summed E-state index contributed by atoms with van der Waals surface area (Å²) in [7, 11) is 1.61. The fourth-order valence-corrected chi connectivity index (χ4v) is 1.42. The zero-order valence-electron chi connectivity index (χ0n) is 10.8. The third-order valence-electron chi connectivity index (χ3n) is 2.60. The highest BCUT2D eigenvalue weighted by molar-refractivity contribution is 5.85. The second-order valence-electron chi connectivity index (χ2n) is 4.09. The molecule has 0 aliphatic heterocycles. The van der Waals surface area contributed by atoms with Crippen molar-refractivity contribution in [2.24, 2.45) is 5.73 Å². The number of benzene rings is 1. The molecular weight excluding hydrogens is 252 g/mol. The van der Waals surface area contributed by atoms with Gasteiger partial charge in [0.05, 0.1) is 12.1 Å². The Labute approximate surface area is 114 Å². The SMILES string of the molecule is COC(C)CNC(=O)[C@@H](N)Cc1ccccc1.Cl. The van der Waals surface area contributed by atoms with E-state index in [9.17, 15) is 4.79 Å². The molecule has 2 atom stereocenters. The van der Waals surface area contributed by atoms with E-state index >= 15 is 0 Å². The Hall–Kier alpha value is -1.10. The fraction of sp³-hybridized carbons (Fsp3) is 0.462. The summed E-state index contributed by atoms with van der Waals surface area (Å²) in [6.07, 6.45) is 0.552. The summed E-state index contributed by atoms with van der Waals surface area (Å²) in [6.45, 7) is 2.38. The van der Waals surface area contributed by atoms with Crippen molar-refractivity contribution in [2.45, 2.75) is 25.5 Å². The molecule has 0 aromatic heterocycles. The van der Waals surface area contributed by atoms with E-state index in [1.54, 1.807) is 7.11 Å². The Balaban J connectivity index is 0.00000289. The molecule has 0 fully saturated rings. The lowest BCUT2D eigenvalue weighted by Crippen LogP contribution is -2.44. The van der Waals surface area contributed by atoms with Gasteiger partial charge in [-0.3, -0.25) is 4.79 Å². The topological polar surface area (TPSA) is 64.3 Å². The van der Waals surface area contributed by atoms with Gasteiger partial charge in [0.2, 0.25) is 5.91 Å². The Morgan fingerprint density at radius 1 is 1.39 bits per heavy atom. The molecule has 0 aliphatic rings. The van der Waals surface area contributed by atoms with Crippen LogP contribution in [0.5, 0.6) is 0 Å². The van der Waals surface area contributed by atoms with Crippen molar-refractivity contribution in [2.75, 3.05) is 13.7 Å². The molecule has 0 spiro atoms. The largest absolute Gasteiger partial charge is 0.380 e. The predicted molar refractivity (Wildman–Crippen MR) is 74.9 cm³/mol. The number of amides is 1. The van der Waals surface area contributed by atoms with Crippen LogP contribution in [-0.4, -0.2) is 31.7 Å². The minimum absolute atomic E-state index is 0. The standard InChI is InChI=1S/C13H20N2O2.ClH/c1-10(17-2)9-15-13(16)12(14)8-11-6-4-3-5-7-11;/h3-7,10,12H,8-9,14H2,1-2H3,(H,15,16);1H/t10?,12-;/m0./s1. The van der Waals surface area contributed by atoms with Gasteiger partial charge in [0, 0.05) is 13.7 Å². The molecule has 0 bridgehead atoms. The Kier molecular flexibility index (Phi) is 8.37. The summed E-state index contributed by atoms with van der Waals surface area (Å²) >= 11 is 0. The molecule has 0 saturated carbocycles. The Morgan fingerprint density at radius 3 is 2.56 bits per heavy atom. The van der Waals surface area contributed by atoms with E-state index < -0.39 is 6.04 Å². The lowest BCUT2D eigenvalue weighted by Gasteiger charge is -2.14. The maximum atomic E-state index is 11.7. The Bertz CT molecular complexity index is 346. The van der Waals surface area contributed by atoms with E-state index in [0.29, 0.717) is 13.0 Å². The number of hydrogen-bond donors (Lipinski definition) is 2. The van der Waals surface area contributed by atoms with Gasteiger partial charge in [0.15, 0.2) is 0 Å². The first-order chi connectivity index (χ1) is 8.13. The normalized spacial score (nSPS) is 13.3. The zero-order chi connectivity index (χ0) is 12.7. The Morgan fingerprint density at radius 2 is 2.00 bits per heavy atom. The number of carbonyl (C=O) groups is 1. The van der Waals surface area contributed by atoms with Gasteiger partial charge < -0.3 is 15.8 Å². The van der Waals surface area contributed by atoms with E-state index in [2.05, 4.69) is 5.32 Å². The first-order valence-corrected chi connectivity index (χ1v) is 5.73. The monoisotopic (exact) mass is 272 g/mol. The first-order valence-electron chi connectivity index (χ1n) is 5.73. The highest BCUT2D eigenvalue weighted by Crippen LogP contribution is 2.01. The van der Waals surface area contributed by atoms with Gasteiger partial charge in [-0.2, -0.15) is 0 Å². The van der Waals surface area contributed by atoms with Crippen LogP contribution in [0.3, 0.4) is 0 Å². The highest BCUT2D eigenvalue weighted by Gasteiger charge is 2.14. The van der Waals surface area contributed by atoms with Gasteiger partial charge in [0.25, 0.3) is 0 Å². The van der Waals surface area contributed by atoms with Crippen LogP contribution in [0.1, 0.15) is 12.5 Å². The van der Waals surface area contributed by atoms with Gasteiger partial charge in [-0.05, 0) is 18.9 Å². The molecule has 1 unspecified atom stereocenters. The minimum atomic E-state index is -0.513. The smallest absolute Gasteiger partial charge is 0.237 e. The molecule has 1 rings (SSSR count). The molecule has 102 valence electrons. The van der Waals surface area contributed by atoms with Crippen molar-refractivity contribution in [1.29, 1.82) is 0 Å². The van der Waals surface area contributed by atoms with Crippen LogP contribution in [0.2, 0.25) is 0 Å². The summed E-state index contributed by atoms with van der Waals surface area (Å²) in [5.74, 6) is -0.141. The molecule has 3 N–H and O–H groups in total. The molecule has 4 nitrogen and oxygen atoms in total. The third kappa shape index (κ3) is 6.00. The predicted octanol–water partition coefficient (Wildman–Crippen LogP) is 1.13. The first kappa shape index (κ1) is 16.9. The van der Waals surface area contributed by atoms with Gasteiger partial charge in [-0.25, -0.2) is 0 Å². The molecule has 5 heteroatoms. The second kappa shape index (κ2) is 8.91. The van der Waals surface area contributed by atoms with Crippen molar-refractivity contribution in [3.05, 3.63) is 35.9 Å². The molecule has 0 heterocycles. The van der Waals surface area contributed by atoms with Gasteiger partial charge in [0.1, 0.15) is 0 Å². The number of halogens is 1. The lowest BCUT2D eigenvalue weighted by atomic mass is 10.1. The van der Waals surface area contributed by atoms with Crippen LogP contribution in [0.25, 0.3) is 0 Å². The van der Waals surface area contributed by atoms with Crippen molar-refractivity contribution in [3.8, 4) is 0 Å². The quantitative estimate of drug-likeness (QED) is 0.816.